The Morgan fingerprint density at radius 1 is 1.10 bits per heavy atom. The summed E-state index contributed by atoms with van der Waals surface area (Å²) >= 11 is 0. The van der Waals surface area contributed by atoms with Gasteiger partial charge >= 0.3 is 0 Å². The van der Waals surface area contributed by atoms with Crippen LogP contribution in [0.25, 0.3) is 0 Å². The molecule has 0 spiro atoms. The lowest BCUT2D eigenvalue weighted by Crippen LogP contribution is -2.48. The van der Waals surface area contributed by atoms with Gasteiger partial charge < -0.3 is 15.0 Å². The third-order valence-corrected chi connectivity index (χ3v) is 5.78. The van der Waals surface area contributed by atoms with Crippen molar-refractivity contribution in [3.05, 3.63) is 65.2 Å². The van der Waals surface area contributed by atoms with Crippen molar-refractivity contribution in [2.24, 2.45) is 0 Å². The Morgan fingerprint density at radius 3 is 2.47 bits per heavy atom. The molecule has 1 aliphatic heterocycles. The van der Waals surface area contributed by atoms with E-state index in [9.17, 15) is 9.59 Å². The molecule has 0 aliphatic carbocycles. The normalized spacial score (nSPS) is 15.5. The van der Waals surface area contributed by atoms with E-state index in [-0.39, 0.29) is 30.4 Å². The van der Waals surface area contributed by atoms with Crippen molar-refractivity contribution in [2.45, 2.75) is 52.0 Å². The summed E-state index contributed by atoms with van der Waals surface area (Å²) < 4.78 is 5.70. The van der Waals surface area contributed by atoms with Gasteiger partial charge in [-0.2, -0.15) is 0 Å². The molecule has 1 aliphatic rings. The highest BCUT2D eigenvalue weighted by Crippen LogP contribution is 2.24. The Labute approximate surface area is 179 Å². The van der Waals surface area contributed by atoms with Crippen LogP contribution in [0.5, 0.6) is 5.75 Å². The number of benzene rings is 2. The number of ether oxygens (including phenoxy) is 1. The minimum atomic E-state index is -0.114. The zero-order chi connectivity index (χ0) is 21.5. The van der Waals surface area contributed by atoms with Gasteiger partial charge in [0, 0.05) is 19.1 Å². The summed E-state index contributed by atoms with van der Waals surface area (Å²) in [6, 6.07) is 16.0. The van der Waals surface area contributed by atoms with Crippen molar-refractivity contribution in [3.63, 3.8) is 0 Å². The Bertz CT molecular complexity index is 858. The van der Waals surface area contributed by atoms with E-state index in [0.29, 0.717) is 13.1 Å². The largest absolute Gasteiger partial charge is 0.483 e. The summed E-state index contributed by atoms with van der Waals surface area (Å²) in [5, 5.41) is 3.06. The highest BCUT2D eigenvalue weighted by molar-refractivity contribution is 5.84. The van der Waals surface area contributed by atoms with E-state index in [1.807, 2.05) is 67.3 Å². The molecule has 3 rings (SSSR count). The lowest BCUT2D eigenvalue weighted by Gasteiger charge is -2.34. The zero-order valence-electron chi connectivity index (χ0n) is 18.2. The molecule has 5 nitrogen and oxygen atoms in total. The van der Waals surface area contributed by atoms with Crippen LogP contribution in [0.15, 0.2) is 48.5 Å². The quantitative estimate of drug-likeness (QED) is 0.754. The predicted molar refractivity (Wildman–Crippen MR) is 119 cm³/mol. The average Bonchev–Trinajstić information content (AvgIpc) is 2.76. The molecular formula is C25H32N2O3. The lowest BCUT2D eigenvalue weighted by molar-refractivity contribution is -0.134. The van der Waals surface area contributed by atoms with E-state index in [2.05, 4.69) is 12.2 Å². The van der Waals surface area contributed by atoms with Crippen LogP contribution in [-0.4, -0.2) is 42.5 Å². The monoisotopic (exact) mass is 408 g/mol. The molecule has 1 unspecified atom stereocenters. The van der Waals surface area contributed by atoms with Gasteiger partial charge in [-0.3, -0.25) is 9.59 Å². The number of hydrogen-bond donors (Lipinski definition) is 1. The van der Waals surface area contributed by atoms with Crippen molar-refractivity contribution in [3.8, 4) is 5.75 Å². The maximum atomic E-state index is 13.0. The second kappa shape index (κ2) is 10.3. The fraction of sp³-hybridized carbons (Fsp3) is 0.440. The van der Waals surface area contributed by atoms with Gasteiger partial charge in [0.2, 0.25) is 5.91 Å². The molecular weight excluding hydrogens is 376 g/mol. The zero-order valence-corrected chi connectivity index (χ0v) is 18.2. The molecule has 30 heavy (non-hydrogen) atoms. The van der Waals surface area contributed by atoms with Gasteiger partial charge in [-0.05, 0) is 55.9 Å². The molecule has 2 aromatic rings. The Morgan fingerprint density at radius 2 is 1.80 bits per heavy atom. The van der Waals surface area contributed by atoms with Crippen LogP contribution in [0.1, 0.15) is 48.8 Å². The van der Waals surface area contributed by atoms with Gasteiger partial charge in [0.15, 0.2) is 6.61 Å². The fourth-order valence-corrected chi connectivity index (χ4v) is 3.98. The minimum absolute atomic E-state index is 0.00928. The molecule has 1 atom stereocenters. The van der Waals surface area contributed by atoms with Crippen LogP contribution in [-0.2, 0) is 9.59 Å². The summed E-state index contributed by atoms with van der Waals surface area (Å²) in [7, 11) is 0. The van der Waals surface area contributed by atoms with Crippen molar-refractivity contribution in [2.75, 3.05) is 19.7 Å². The van der Waals surface area contributed by atoms with Crippen LogP contribution < -0.4 is 10.1 Å². The standard InChI is InChI=1S/C25H32N2O3/c1-4-22(20-8-6-5-7-9-20)25(29)27-14-12-21(13-15-27)26-24(28)17-30-23-16-18(2)10-11-19(23)3/h5-11,16,21-22H,4,12-15,17H2,1-3H3,(H,26,28). The number of amides is 2. The van der Waals surface area contributed by atoms with Gasteiger partial charge in [-0.25, -0.2) is 0 Å². The molecule has 0 aromatic heterocycles. The third kappa shape index (κ3) is 5.62. The molecule has 2 amide bonds. The first kappa shape index (κ1) is 21.9. The topological polar surface area (TPSA) is 58.6 Å². The van der Waals surface area contributed by atoms with E-state index in [4.69, 9.17) is 4.74 Å². The Hall–Kier alpha value is -2.82. The Kier molecular flexibility index (Phi) is 7.50. The number of nitrogens with zero attached hydrogens (tertiary/aromatic N) is 1. The van der Waals surface area contributed by atoms with Crippen LogP contribution in [0.3, 0.4) is 0 Å². The number of nitrogens with one attached hydrogen (secondary N) is 1. The maximum Gasteiger partial charge on any atom is 0.258 e. The number of rotatable bonds is 7. The first-order valence-electron chi connectivity index (χ1n) is 10.8. The molecule has 0 radical (unpaired) electrons. The van der Waals surface area contributed by atoms with Gasteiger partial charge in [-0.15, -0.1) is 0 Å². The van der Waals surface area contributed by atoms with Crippen LogP contribution in [0.4, 0.5) is 0 Å². The van der Waals surface area contributed by atoms with E-state index >= 15 is 0 Å². The number of hydrogen-bond acceptors (Lipinski definition) is 3. The minimum Gasteiger partial charge on any atom is -0.483 e. The summed E-state index contributed by atoms with van der Waals surface area (Å²) in [6.07, 6.45) is 2.33. The third-order valence-electron chi connectivity index (χ3n) is 5.78. The van der Waals surface area contributed by atoms with Crippen LogP contribution in [0.2, 0.25) is 0 Å². The summed E-state index contributed by atoms with van der Waals surface area (Å²) in [4.78, 5) is 27.3. The highest BCUT2D eigenvalue weighted by atomic mass is 16.5. The highest BCUT2D eigenvalue weighted by Gasteiger charge is 2.28. The number of carbonyl (C=O) groups excluding carboxylic acids is 2. The van der Waals surface area contributed by atoms with Gasteiger partial charge in [0.05, 0.1) is 5.92 Å². The van der Waals surface area contributed by atoms with Crippen molar-refractivity contribution in [1.82, 2.24) is 10.2 Å². The summed E-state index contributed by atoms with van der Waals surface area (Å²) in [5.41, 5.74) is 3.20. The Balaban J connectivity index is 1.46. The molecule has 1 heterocycles. The number of carbonyl (C=O) groups is 2. The summed E-state index contributed by atoms with van der Waals surface area (Å²) in [5.74, 6) is 0.725. The van der Waals surface area contributed by atoms with Crippen molar-refractivity contribution in [1.29, 1.82) is 0 Å². The van der Waals surface area contributed by atoms with E-state index in [1.54, 1.807) is 0 Å². The van der Waals surface area contributed by atoms with Crippen molar-refractivity contribution >= 4 is 11.8 Å². The smallest absolute Gasteiger partial charge is 0.258 e. The number of aryl methyl sites for hydroxylation is 2. The van der Waals surface area contributed by atoms with Crippen molar-refractivity contribution < 1.29 is 14.3 Å². The molecule has 5 heteroatoms. The molecule has 160 valence electrons. The van der Waals surface area contributed by atoms with Gasteiger partial charge in [0.25, 0.3) is 5.91 Å². The number of piperidine rings is 1. The first-order valence-corrected chi connectivity index (χ1v) is 10.8. The molecule has 0 bridgehead atoms. The van der Waals surface area contributed by atoms with Gasteiger partial charge in [0.1, 0.15) is 5.75 Å². The molecule has 0 saturated carbocycles. The van der Waals surface area contributed by atoms with Crippen LogP contribution in [0, 0.1) is 13.8 Å². The molecule has 1 N–H and O–H groups in total. The van der Waals surface area contributed by atoms with E-state index < -0.39 is 0 Å². The van der Waals surface area contributed by atoms with Gasteiger partial charge in [-0.1, -0.05) is 49.4 Å². The van der Waals surface area contributed by atoms with Crippen LogP contribution >= 0.6 is 0 Å². The average molecular weight is 409 g/mol. The second-order valence-corrected chi connectivity index (χ2v) is 8.10. The van der Waals surface area contributed by atoms with E-state index in [1.165, 1.54) is 0 Å². The maximum absolute atomic E-state index is 13.0. The first-order chi connectivity index (χ1) is 14.5. The molecule has 1 fully saturated rings. The van der Waals surface area contributed by atoms with E-state index in [0.717, 1.165) is 41.7 Å². The second-order valence-electron chi connectivity index (χ2n) is 8.10. The summed E-state index contributed by atoms with van der Waals surface area (Å²) in [6.45, 7) is 7.38. The molecule has 1 saturated heterocycles. The predicted octanol–water partition coefficient (Wildman–Crippen LogP) is 3.98. The number of likely N-dealkylation sites (tertiary alicyclic amines) is 1. The fourth-order valence-electron chi connectivity index (χ4n) is 3.98. The SMILES string of the molecule is CCC(C(=O)N1CCC(NC(=O)COc2cc(C)ccc2C)CC1)c1ccccc1. The molecule has 2 aromatic carbocycles. The lowest BCUT2D eigenvalue weighted by atomic mass is 9.93.